The molecule has 122 valence electrons. The van der Waals surface area contributed by atoms with E-state index in [1.54, 1.807) is 0 Å². The third kappa shape index (κ3) is 3.91. The van der Waals surface area contributed by atoms with Gasteiger partial charge in [-0.2, -0.15) is 8.78 Å². The van der Waals surface area contributed by atoms with E-state index in [2.05, 4.69) is 4.74 Å². The summed E-state index contributed by atoms with van der Waals surface area (Å²) in [5.41, 5.74) is -2.51. The number of hydrogen-bond donors (Lipinski definition) is 1. The average Bonchev–Trinajstić information content (AvgIpc) is 2.44. The number of carboxylic acid groups (broad SMARTS) is 1. The van der Waals surface area contributed by atoms with Crippen LogP contribution in [0.1, 0.15) is 24.2 Å². The highest BCUT2D eigenvalue weighted by Gasteiger charge is 2.56. The predicted octanol–water partition coefficient (Wildman–Crippen LogP) is 2.32. The second kappa shape index (κ2) is 6.69. The highest BCUT2D eigenvalue weighted by atomic mass is 19.3. The van der Waals surface area contributed by atoms with Crippen molar-refractivity contribution in [2.24, 2.45) is 0 Å². The lowest BCUT2D eigenvalue weighted by Crippen LogP contribution is -2.51. The number of esters is 1. The van der Waals surface area contributed by atoms with E-state index >= 15 is 0 Å². The van der Waals surface area contributed by atoms with E-state index in [9.17, 15) is 18.4 Å². The maximum atomic E-state index is 13.5. The van der Waals surface area contributed by atoms with Crippen molar-refractivity contribution in [1.82, 2.24) is 0 Å². The van der Waals surface area contributed by atoms with Crippen LogP contribution in [-0.4, -0.2) is 42.5 Å². The van der Waals surface area contributed by atoms with Crippen molar-refractivity contribution in [3.8, 4) is 5.75 Å². The van der Waals surface area contributed by atoms with Crippen LogP contribution in [0, 0.1) is 0 Å². The van der Waals surface area contributed by atoms with Crippen LogP contribution in [0.2, 0.25) is 0 Å². The summed E-state index contributed by atoms with van der Waals surface area (Å²) in [5, 5.41) is 8.51. The van der Waals surface area contributed by atoms with Crippen molar-refractivity contribution in [2.75, 3.05) is 13.9 Å². The van der Waals surface area contributed by atoms with E-state index in [-0.39, 0.29) is 12.4 Å². The molecule has 6 nitrogen and oxygen atoms in total. The molecule has 0 aliphatic rings. The van der Waals surface area contributed by atoms with Crippen molar-refractivity contribution in [2.45, 2.75) is 25.4 Å². The standard InChI is InChI=1S/C14H16F2O6/c1-13(2,14(15,16)12(18)19)22-11(17)9-4-6-10(7-5-9)21-8-20-3/h4-7H,8H2,1-3H3,(H,18,19). The molecule has 22 heavy (non-hydrogen) atoms. The molecule has 0 heterocycles. The molecular weight excluding hydrogens is 302 g/mol. The molecular formula is C14H16F2O6. The molecule has 0 saturated carbocycles. The van der Waals surface area contributed by atoms with Crippen LogP contribution < -0.4 is 4.74 Å². The Hall–Kier alpha value is -2.22. The lowest BCUT2D eigenvalue weighted by molar-refractivity contribution is -0.200. The fourth-order valence-corrected chi connectivity index (χ4v) is 1.43. The van der Waals surface area contributed by atoms with Gasteiger partial charge in [-0.3, -0.25) is 0 Å². The number of carbonyl (C=O) groups is 2. The molecule has 0 aliphatic carbocycles. The van der Waals surface area contributed by atoms with Gasteiger partial charge in [-0.1, -0.05) is 0 Å². The number of ether oxygens (including phenoxy) is 3. The van der Waals surface area contributed by atoms with Crippen LogP contribution in [0.15, 0.2) is 24.3 Å². The number of aliphatic carboxylic acids is 1. The molecule has 1 aromatic carbocycles. The van der Waals surface area contributed by atoms with Gasteiger partial charge in [0.15, 0.2) is 12.4 Å². The quantitative estimate of drug-likeness (QED) is 0.614. The summed E-state index contributed by atoms with van der Waals surface area (Å²) in [6, 6.07) is 5.47. The molecule has 0 atom stereocenters. The predicted molar refractivity (Wildman–Crippen MR) is 71.0 cm³/mol. The van der Waals surface area contributed by atoms with E-state index in [1.165, 1.54) is 31.4 Å². The molecule has 0 bridgehead atoms. The number of halogens is 2. The SMILES string of the molecule is COCOc1ccc(C(=O)OC(C)(C)C(F)(F)C(=O)O)cc1. The molecule has 0 unspecified atom stereocenters. The summed E-state index contributed by atoms with van der Waals surface area (Å²) < 4.78 is 41.4. The summed E-state index contributed by atoms with van der Waals surface area (Å²) >= 11 is 0. The average molecular weight is 318 g/mol. The second-order valence-electron chi connectivity index (χ2n) is 4.85. The molecule has 0 aliphatic heterocycles. The third-order valence-electron chi connectivity index (χ3n) is 2.81. The normalized spacial score (nSPS) is 11.9. The Morgan fingerprint density at radius 2 is 1.73 bits per heavy atom. The van der Waals surface area contributed by atoms with Crippen LogP contribution in [-0.2, 0) is 14.3 Å². The highest BCUT2D eigenvalue weighted by Crippen LogP contribution is 2.32. The maximum Gasteiger partial charge on any atom is 0.380 e. The number of rotatable bonds is 7. The Morgan fingerprint density at radius 3 is 2.18 bits per heavy atom. The number of carboxylic acids is 1. The Balaban J connectivity index is 2.82. The van der Waals surface area contributed by atoms with Gasteiger partial charge in [-0.15, -0.1) is 0 Å². The van der Waals surface area contributed by atoms with E-state index in [0.717, 1.165) is 13.8 Å². The zero-order valence-corrected chi connectivity index (χ0v) is 12.3. The van der Waals surface area contributed by atoms with Crippen LogP contribution in [0.4, 0.5) is 8.78 Å². The number of alkyl halides is 2. The molecule has 0 aromatic heterocycles. The van der Waals surface area contributed by atoms with E-state index in [4.69, 9.17) is 14.6 Å². The van der Waals surface area contributed by atoms with Crippen molar-refractivity contribution >= 4 is 11.9 Å². The van der Waals surface area contributed by atoms with Gasteiger partial charge < -0.3 is 19.3 Å². The smallest absolute Gasteiger partial charge is 0.380 e. The van der Waals surface area contributed by atoms with E-state index in [1.807, 2.05) is 0 Å². The molecule has 0 radical (unpaired) electrons. The van der Waals surface area contributed by atoms with Crippen LogP contribution in [0.25, 0.3) is 0 Å². The first kappa shape index (κ1) is 17.8. The molecule has 0 spiro atoms. The number of hydrogen-bond acceptors (Lipinski definition) is 5. The number of methoxy groups -OCH3 is 1. The minimum absolute atomic E-state index is 0.0148. The zero-order valence-electron chi connectivity index (χ0n) is 12.3. The lowest BCUT2D eigenvalue weighted by atomic mass is 10.0. The van der Waals surface area contributed by atoms with Crippen molar-refractivity contribution in [3.05, 3.63) is 29.8 Å². The Kier molecular flexibility index (Phi) is 5.43. The monoisotopic (exact) mass is 318 g/mol. The Bertz CT molecular complexity index is 539. The molecule has 0 amide bonds. The third-order valence-corrected chi connectivity index (χ3v) is 2.81. The second-order valence-corrected chi connectivity index (χ2v) is 4.85. The minimum atomic E-state index is -4.22. The van der Waals surface area contributed by atoms with Gasteiger partial charge in [-0.05, 0) is 38.1 Å². The molecule has 1 rings (SSSR count). The summed E-state index contributed by atoms with van der Waals surface area (Å²) in [4.78, 5) is 22.4. The van der Waals surface area contributed by atoms with Crippen LogP contribution in [0.3, 0.4) is 0 Å². The molecule has 1 N–H and O–H groups in total. The first-order valence-corrected chi connectivity index (χ1v) is 6.18. The van der Waals surface area contributed by atoms with Gasteiger partial charge in [0.1, 0.15) is 5.75 Å². The van der Waals surface area contributed by atoms with Gasteiger partial charge in [-0.25, -0.2) is 9.59 Å². The number of benzene rings is 1. The summed E-state index contributed by atoms with van der Waals surface area (Å²) in [6.07, 6.45) is 0. The topological polar surface area (TPSA) is 82.1 Å². The lowest BCUT2D eigenvalue weighted by Gasteiger charge is -2.30. The molecule has 1 aromatic rings. The van der Waals surface area contributed by atoms with Gasteiger partial charge in [0, 0.05) is 7.11 Å². The van der Waals surface area contributed by atoms with E-state index in [0.29, 0.717) is 5.75 Å². The molecule has 0 saturated heterocycles. The first-order valence-electron chi connectivity index (χ1n) is 6.18. The van der Waals surface area contributed by atoms with Crippen LogP contribution in [0.5, 0.6) is 5.75 Å². The summed E-state index contributed by atoms with van der Waals surface area (Å²) in [6.45, 7) is 1.67. The summed E-state index contributed by atoms with van der Waals surface area (Å²) in [5.74, 6) is -7.24. The van der Waals surface area contributed by atoms with E-state index < -0.39 is 23.5 Å². The van der Waals surface area contributed by atoms with Gasteiger partial charge in [0.05, 0.1) is 5.56 Å². The van der Waals surface area contributed by atoms with Crippen molar-refractivity contribution in [3.63, 3.8) is 0 Å². The minimum Gasteiger partial charge on any atom is -0.477 e. The fraction of sp³-hybridized carbons (Fsp3) is 0.429. The highest BCUT2D eigenvalue weighted by molar-refractivity contribution is 5.90. The maximum absolute atomic E-state index is 13.5. The Morgan fingerprint density at radius 1 is 1.18 bits per heavy atom. The molecule has 0 fully saturated rings. The number of carbonyl (C=O) groups excluding carboxylic acids is 1. The van der Waals surface area contributed by atoms with Gasteiger partial charge >= 0.3 is 17.9 Å². The van der Waals surface area contributed by atoms with Gasteiger partial charge in [0.2, 0.25) is 0 Å². The first-order chi connectivity index (χ1) is 10.1. The summed E-state index contributed by atoms with van der Waals surface area (Å²) in [7, 11) is 1.44. The fourth-order valence-electron chi connectivity index (χ4n) is 1.43. The zero-order chi connectivity index (χ0) is 17.0. The van der Waals surface area contributed by atoms with Crippen LogP contribution >= 0.6 is 0 Å². The molecule has 8 heteroatoms. The largest absolute Gasteiger partial charge is 0.477 e. The van der Waals surface area contributed by atoms with Gasteiger partial charge in [0.25, 0.3) is 0 Å². The Labute approximate surface area is 125 Å². The van der Waals surface area contributed by atoms with Crippen molar-refractivity contribution < 1.29 is 37.7 Å². The van der Waals surface area contributed by atoms with Crippen molar-refractivity contribution in [1.29, 1.82) is 0 Å².